The van der Waals surface area contributed by atoms with E-state index in [1.54, 1.807) is 30.3 Å². The molecular weight excluding hydrogens is 432 g/mol. The molecule has 2 heterocycles. The summed E-state index contributed by atoms with van der Waals surface area (Å²) in [7, 11) is -3.98. The van der Waals surface area contributed by atoms with Crippen molar-refractivity contribution in [2.24, 2.45) is 0 Å². The predicted octanol–water partition coefficient (Wildman–Crippen LogP) is 3.49. The van der Waals surface area contributed by atoms with Crippen LogP contribution in [0.1, 0.15) is 5.76 Å². The van der Waals surface area contributed by atoms with Gasteiger partial charge in [-0.3, -0.25) is 4.79 Å². The van der Waals surface area contributed by atoms with Gasteiger partial charge in [-0.05, 0) is 48.5 Å². The van der Waals surface area contributed by atoms with E-state index in [1.165, 1.54) is 30.5 Å². The molecule has 3 aromatic rings. The molecular formula is C20H17ClN2O6S. The minimum absolute atomic E-state index is 0.0225. The third-order valence-corrected chi connectivity index (χ3v) is 6.40. The quantitative estimate of drug-likeness (QED) is 0.594. The number of rotatable bonds is 7. The summed E-state index contributed by atoms with van der Waals surface area (Å²) in [6.07, 6.45) is 1.44. The largest absolute Gasteiger partial charge is 0.468 e. The maximum absolute atomic E-state index is 13.1. The second kappa shape index (κ2) is 8.39. The summed E-state index contributed by atoms with van der Waals surface area (Å²) in [5, 5.41) is 3.09. The Morgan fingerprint density at radius 3 is 2.57 bits per heavy atom. The Bertz CT molecular complexity index is 1150. The van der Waals surface area contributed by atoms with E-state index in [-0.39, 0.29) is 18.2 Å². The molecule has 0 radical (unpaired) electrons. The van der Waals surface area contributed by atoms with E-state index in [0.29, 0.717) is 28.0 Å². The van der Waals surface area contributed by atoms with Crippen molar-refractivity contribution < 1.29 is 27.1 Å². The molecule has 0 atom stereocenters. The van der Waals surface area contributed by atoms with Gasteiger partial charge in [0.15, 0.2) is 11.5 Å². The molecule has 0 unspecified atom stereocenters. The zero-order valence-electron chi connectivity index (χ0n) is 15.6. The van der Waals surface area contributed by atoms with Crippen LogP contribution >= 0.6 is 11.6 Å². The van der Waals surface area contributed by atoms with Crippen LogP contribution in [0.15, 0.2) is 70.2 Å². The molecule has 1 aliphatic rings. The summed E-state index contributed by atoms with van der Waals surface area (Å²) in [6.45, 7) is -0.407. The lowest BCUT2D eigenvalue weighted by atomic mass is 10.3. The van der Waals surface area contributed by atoms with Gasteiger partial charge in [0.1, 0.15) is 5.76 Å². The minimum Gasteiger partial charge on any atom is -0.468 e. The first-order chi connectivity index (χ1) is 14.4. The van der Waals surface area contributed by atoms with Crippen molar-refractivity contribution in [3.8, 4) is 11.5 Å². The fourth-order valence-corrected chi connectivity index (χ4v) is 4.38. The normalized spacial score (nSPS) is 12.9. The van der Waals surface area contributed by atoms with Gasteiger partial charge in [-0.1, -0.05) is 11.6 Å². The molecule has 10 heteroatoms. The summed E-state index contributed by atoms with van der Waals surface area (Å²) < 4.78 is 43.1. The number of carbonyl (C=O) groups excluding carboxylic acids is 1. The van der Waals surface area contributed by atoms with Gasteiger partial charge in [0.2, 0.25) is 22.7 Å². The van der Waals surface area contributed by atoms with E-state index >= 15 is 0 Å². The predicted molar refractivity (Wildman–Crippen MR) is 109 cm³/mol. The Labute approximate surface area is 178 Å². The molecule has 0 bridgehead atoms. The van der Waals surface area contributed by atoms with E-state index in [9.17, 15) is 13.2 Å². The van der Waals surface area contributed by atoms with Crippen molar-refractivity contribution in [3.63, 3.8) is 0 Å². The van der Waals surface area contributed by atoms with E-state index in [1.807, 2.05) is 0 Å². The summed E-state index contributed by atoms with van der Waals surface area (Å²) in [5.74, 6) is 0.980. The van der Waals surface area contributed by atoms with Gasteiger partial charge in [0, 0.05) is 16.8 Å². The van der Waals surface area contributed by atoms with E-state index in [4.69, 9.17) is 25.5 Å². The molecule has 0 saturated heterocycles. The van der Waals surface area contributed by atoms with Gasteiger partial charge in [-0.25, -0.2) is 8.42 Å². The highest BCUT2D eigenvalue weighted by molar-refractivity contribution is 7.89. The summed E-state index contributed by atoms with van der Waals surface area (Å²) >= 11 is 5.86. The van der Waals surface area contributed by atoms with Crippen LogP contribution in [0.2, 0.25) is 5.02 Å². The van der Waals surface area contributed by atoms with Gasteiger partial charge in [0.25, 0.3) is 0 Å². The Hall–Kier alpha value is -3.01. The molecule has 1 amide bonds. The molecule has 0 fully saturated rings. The first-order valence-electron chi connectivity index (χ1n) is 8.89. The highest BCUT2D eigenvalue weighted by Crippen LogP contribution is 2.34. The van der Waals surface area contributed by atoms with Gasteiger partial charge >= 0.3 is 0 Å². The van der Waals surface area contributed by atoms with Gasteiger partial charge in [-0.15, -0.1) is 0 Å². The average molecular weight is 449 g/mol. The molecule has 2 aromatic carbocycles. The number of nitrogens with one attached hydrogen (secondary N) is 1. The van der Waals surface area contributed by atoms with Crippen LogP contribution in [0.3, 0.4) is 0 Å². The minimum atomic E-state index is -3.98. The molecule has 30 heavy (non-hydrogen) atoms. The van der Waals surface area contributed by atoms with Crippen molar-refractivity contribution in [1.82, 2.24) is 4.31 Å². The third-order valence-electron chi connectivity index (χ3n) is 4.34. The lowest BCUT2D eigenvalue weighted by Crippen LogP contribution is -2.37. The van der Waals surface area contributed by atoms with Crippen LogP contribution in [0, 0.1) is 0 Å². The standard InChI is InChI=1S/C20H17ClN2O6S/c21-14-3-6-17(7-4-14)30(25,26)23(11-16-2-1-9-27-16)12-20(24)22-15-5-8-18-19(10-15)29-13-28-18/h1-10H,11-13H2,(H,22,24). The van der Waals surface area contributed by atoms with Crippen LogP contribution in [0.25, 0.3) is 0 Å². The molecule has 0 aliphatic carbocycles. The van der Waals surface area contributed by atoms with E-state index in [2.05, 4.69) is 5.32 Å². The summed E-state index contributed by atoms with van der Waals surface area (Å²) in [4.78, 5) is 12.7. The second-order valence-corrected chi connectivity index (χ2v) is 8.80. The molecule has 0 spiro atoms. The van der Waals surface area contributed by atoms with Crippen LogP contribution in [0.4, 0.5) is 5.69 Å². The van der Waals surface area contributed by atoms with Crippen molar-refractivity contribution >= 4 is 33.2 Å². The number of sulfonamides is 1. The molecule has 8 nitrogen and oxygen atoms in total. The number of hydrogen-bond acceptors (Lipinski definition) is 6. The van der Waals surface area contributed by atoms with Gasteiger partial charge in [-0.2, -0.15) is 4.31 Å². The average Bonchev–Trinajstić information content (AvgIpc) is 3.39. The molecule has 1 aromatic heterocycles. The molecule has 156 valence electrons. The van der Waals surface area contributed by atoms with Crippen molar-refractivity contribution in [2.45, 2.75) is 11.4 Å². The SMILES string of the molecule is O=C(CN(Cc1ccco1)S(=O)(=O)c1ccc(Cl)cc1)Nc1ccc2c(c1)OCO2. The number of anilines is 1. The highest BCUT2D eigenvalue weighted by Gasteiger charge is 2.28. The fourth-order valence-electron chi connectivity index (χ4n) is 2.89. The van der Waals surface area contributed by atoms with Crippen molar-refractivity contribution in [3.05, 3.63) is 71.6 Å². The maximum Gasteiger partial charge on any atom is 0.243 e. The smallest absolute Gasteiger partial charge is 0.243 e. The molecule has 1 N–H and O–H groups in total. The number of benzene rings is 2. The highest BCUT2D eigenvalue weighted by atomic mass is 35.5. The lowest BCUT2D eigenvalue weighted by molar-refractivity contribution is -0.116. The van der Waals surface area contributed by atoms with Crippen LogP contribution in [-0.2, 0) is 21.4 Å². The molecule has 1 aliphatic heterocycles. The molecule has 0 saturated carbocycles. The first kappa shape index (κ1) is 20.3. The topological polar surface area (TPSA) is 98.1 Å². The lowest BCUT2D eigenvalue weighted by Gasteiger charge is -2.21. The number of nitrogens with zero attached hydrogens (tertiary/aromatic N) is 1. The van der Waals surface area contributed by atoms with E-state index < -0.39 is 22.5 Å². The summed E-state index contributed by atoms with van der Waals surface area (Å²) in [5.41, 5.74) is 0.464. The van der Waals surface area contributed by atoms with Crippen molar-refractivity contribution in [1.29, 1.82) is 0 Å². The van der Waals surface area contributed by atoms with Crippen LogP contribution in [-0.4, -0.2) is 32.0 Å². The van der Waals surface area contributed by atoms with E-state index in [0.717, 1.165) is 4.31 Å². The Morgan fingerprint density at radius 1 is 1.07 bits per heavy atom. The monoisotopic (exact) mass is 448 g/mol. The van der Waals surface area contributed by atoms with Crippen LogP contribution in [0.5, 0.6) is 11.5 Å². The van der Waals surface area contributed by atoms with Crippen molar-refractivity contribution in [2.75, 3.05) is 18.7 Å². The Balaban J connectivity index is 1.55. The second-order valence-electron chi connectivity index (χ2n) is 6.42. The van der Waals surface area contributed by atoms with Gasteiger partial charge < -0.3 is 19.2 Å². The molecule has 4 rings (SSSR count). The first-order valence-corrected chi connectivity index (χ1v) is 10.7. The number of halogens is 1. The summed E-state index contributed by atoms with van der Waals surface area (Å²) in [6, 6.07) is 14.0. The number of hydrogen-bond donors (Lipinski definition) is 1. The number of amides is 1. The number of ether oxygens (including phenoxy) is 2. The zero-order valence-corrected chi connectivity index (χ0v) is 17.2. The Kier molecular flexibility index (Phi) is 5.67. The van der Waals surface area contributed by atoms with Gasteiger partial charge in [0.05, 0.1) is 24.2 Å². The fraction of sp³-hybridized carbons (Fsp3) is 0.150. The van der Waals surface area contributed by atoms with Crippen LogP contribution < -0.4 is 14.8 Å². The third kappa shape index (κ3) is 4.43. The number of furan rings is 1. The number of carbonyl (C=O) groups is 1. The zero-order chi connectivity index (χ0) is 21.1. The maximum atomic E-state index is 13.1. The number of fused-ring (bicyclic) bond motifs is 1. The Morgan fingerprint density at radius 2 is 1.83 bits per heavy atom.